The highest BCUT2D eigenvalue weighted by atomic mass is 16.6. The summed E-state index contributed by atoms with van der Waals surface area (Å²) in [6.45, 7) is 2.60. The minimum Gasteiger partial charge on any atom is -0.423 e. The van der Waals surface area contributed by atoms with Crippen LogP contribution in [-0.2, 0) is 19.1 Å². The number of hydrogen-bond acceptors (Lipinski definition) is 4. The third-order valence-electron chi connectivity index (χ3n) is 2.94. The normalized spacial score (nSPS) is 11.8. The molecule has 0 fully saturated rings. The quantitative estimate of drug-likeness (QED) is 0.470. The number of hydrogen-bond donors (Lipinski definition) is 0. The molecule has 0 atom stereocenters. The Morgan fingerprint density at radius 2 is 1.00 bits per heavy atom. The number of carbonyl (C=O) groups is 2. The lowest BCUT2D eigenvalue weighted by molar-refractivity contribution is -0.141. The standard InChI is InChI=1S/C20H18O4/c1-15(21)23-19(13-17-9-5-3-6-10-17)20(24-16(2)22)14-18-11-7-4-8-12-18/h3-14H,1-2H3. The fourth-order valence-electron chi connectivity index (χ4n) is 2.01. The molecule has 0 aliphatic heterocycles. The van der Waals surface area contributed by atoms with Gasteiger partial charge in [-0.2, -0.15) is 0 Å². The van der Waals surface area contributed by atoms with Gasteiger partial charge < -0.3 is 9.47 Å². The van der Waals surface area contributed by atoms with Gasteiger partial charge in [0.25, 0.3) is 0 Å². The fraction of sp³-hybridized carbons (Fsp3) is 0.100. The van der Waals surface area contributed by atoms with E-state index < -0.39 is 11.9 Å². The van der Waals surface area contributed by atoms with Crippen molar-refractivity contribution in [2.24, 2.45) is 0 Å². The van der Waals surface area contributed by atoms with Gasteiger partial charge in [-0.3, -0.25) is 9.59 Å². The van der Waals surface area contributed by atoms with Gasteiger partial charge in [0.2, 0.25) is 0 Å². The maximum atomic E-state index is 11.5. The molecule has 2 rings (SSSR count). The van der Waals surface area contributed by atoms with Crippen LogP contribution in [0.3, 0.4) is 0 Å². The first-order valence-electron chi connectivity index (χ1n) is 7.45. The van der Waals surface area contributed by atoms with Crippen molar-refractivity contribution in [1.29, 1.82) is 0 Å². The predicted molar refractivity (Wildman–Crippen MR) is 92.4 cm³/mol. The molecule has 0 N–H and O–H groups in total. The summed E-state index contributed by atoms with van der Waals surface area (Å²) in [7, 11) is 0. The zero-order chi connectivity index (χ0) is 17.4. The van der Waals surface area contributed by atoms with Gasteiger partial charge in [0.15, 0.2) is 11.5 Å². The van der Waals surface area contributed by atoms with Crippen LogP contribution in [0.2, 0.25) is 0 Å². The molecule has 2 aromatic carbocycles. The van der Waals surface area contributed by atoms with Crippen LogP contribution in [-0.4, -0.2) is 11.9 Å². The summed E-state index contributed by atoms with van der Waals surface area (Å²) in [6.07, 6.45) is 3.30. The SMILES string of the molecule is CC(=O)OC(=Cc1ccccc1)C(=Cc1ccccc1)OC(C)=O. The first-order chi connectivity index (χ1) is 11.5. The average molecular weight is 322 g/mol. The van der Waals surface area contributed by atoms with Crippen molar-refractivity contribution in [3.8, 4) is 0 Å². The van der Waals surface area contributed by atoms with E-state index in [4.69, 9.17) is 9.47 Å². The van der Waals surface area contributed by atoms with Gasteiger partial charge in [0.05, 0.1) is 0 Å². The maximum absolute atomic E-state index is 11.5. The average Bonchev–Trinajstić information content (AvgIpc) is 2.55. The monoisotopic (exact) mass is 322 g/mol. The highest BCUT2D eigenvalue weighted by molar-refractivity contribution is 5.75. The second-order valence-corrected chi connectivity index (χ2v) is 5.03. The lowest BCUT2D eigenvalue weighted by Gasteiger charge is -2.11. The fourth-order valence-corrected chi connectivity index (χ4v) is 2.01. The summed E-state index contributed by atoms with van der Waals surface area (Å²) < 4.78 is 10.5. The van der Waals surface area contributed by atoms with Crippen LogP contribution in [0.4, 0.5) is 0 Å². The second kappa shape index (κ2) is 8.48. The molecular weight excluding hydrogens is 304 g/mol. The molecule has 0 unspecified atom stereocenters. The zero-order valence-electron chi connectivity index (χ0n) is 13.6. The Balaban J connectivity index is 2.48. The zero-order valence-corrected chi connectivity index (χ0v) is 13.6. The van der Waals surface area contributed by atoms with E-state index in [-0.39, 0.29) is 11.5 Å². The molecule has 0 saturated carbocycles. The summed E-state index contributed by atoms with van der Waals surface area (Å²) in [4.78, 5) is 22.9. The van der Waals surface area contributed by atoms with Crippen LogP contribution in [0.1, 0.15) is 25.0 Å². The molecule has 0 saturated heterocycles. The van der Waals surface area contributed by atoms with Gasteiger partial charge in [-0.15, -0.1) is 0 Å². The highest BCUT2D eigenvalue weighted by Crippen LogP contribution is 2.21. The first kappa shape index (κ1) is 17.2. The molecule has 0 heterocycles. The predicted octanol–water partition coefficient (Wildman–Crippen LogP) is 4.19. The number of ether oxygens (including phenoxy) is 2. The van der Waals surface area contributed by atoms with Crippen LogP contribution in [0.5, 0.6) is 0 Å². The van der Waals surface area contributed by atoms with Gasteiger partial charge in [0, 0.05) is 13.8 Å². The molecule has 122 valence electrons. The van der Waals surface area contributed by atoms with E-state index in [9.17, 15) is 9.59 Å². The van der Waals surface area contributed by atoms with Gasteiger partial charge in [-0.05, 0) is 23.3 Å². The van der Waals surface area contributed by atoms with E-state index in [1.807, 2.05) is 60.7 Å². The third-order valence-corrected chi connectivity index (χ3v) is 2.94. The largest absolute Gasteiger partial charge is 0.423 e. The molecule has 4 nitrogen and oxygen atoms in total. The number of rotatable bonds is 5. The molecule has 2 aromatic rings. The Hall–Kier alpha value is -3.14. The smallest absolute Gasteiger partial charge is 0.308 e. The molecular formula is C20H18O4. The molecule has 4 heteroatoms. The molecule has 0 aliphatic rings. The number of carbonyl (C=O) groups excluding carboxylic acids is 2. The van der Waals surface area contributed by atoms with Crippen molar-refractivity contribution < 1.29 is 19.1 Å². The third kappa shape index (κ3) is 5.57. The van der Waals surface area contributed by atoms with Gasteiger partial charge >= 0.3 is 11.9 Å². The minimum atomic E-state index is -0.497. The Kier molecular flexibility index (Phi) is 6.08. The lowest BCUT2D eigenvalue weighted by Crippen LogP contribution is -2.07. The van der Waals surface area contributed by atoms with E-state index in [0.717, 1.165) is 11.1 Å². The number of benzene rings is 2. The molecule has 0 aliphatic carbocycles. The Morgan fingerprint density at radius 3 is 1.29 bits per heavy atom. The Labute approximate surface area is 141 Å². The van der Waals surface area contributed by atoms with E-state index in [1.165, 1.54) is 13.8 Å². The van der Waals surface area contributed by atoms with Gasteiger partial charge in [-0.1, -0.05) is 60.7 Å². The van der Waals surface area contributed by atoms with Crippen LogP contribution in [0, 0.1) is 0 Å². The van der Waals surface area contributed by atoms with E-state index in [1.54, 1.807) is 12.2 Å². The summed E-state index contributed by atoms with van der Waals surface area (Å²) in [5.41, 5.74) is 1.64. The second-order valence-electron chi connectivity index (χ2n) is 5.03. The van der Waals surface area contributed by atoms with Crippen molar-refractivity contribution >= 4 is 24.1 Å². The van der Waals surface area contributed by atoms with Gasteiger partial charge in [0.1, 0.15) is 0 Å². The van der Waals surface area contributed by atoms with E-state index >= 15 is 0 Å². The van der Waals surface area contributed by atoms with Crippen molar-refractivity contribution in [3.05, 3.63) is 83.3 Å². The molecule has 0 bridgehead atoms. The summed E-state index contributed by atoms with van der Waals surface area (Å²) in [5, 5.41) is 0. The lowest BCUT2D eigenvalue weighted by atomic mass is 10.1. The van der Waals surface area contributed by atoms with Crippen LogP contribution in [0.25, 0.3) is 12.2 Å². The van der Waals surface area contributed by atoms with Crippen LogP contribution >= 0.6 is 0 Å². The van der Waals surface area contributed by atoms with Crippen LogP contribution < -0.4 is 0 Å². The van der Waals surface area contributed by atoms with Crippen molar-refractivity contribution in [3.63, 3.8) is 0 Å². The van der Waals surface area contributed by atoms with Crippen molar-refractivity contribution in [1.82, 2.24) is 0 Å². The molecule has 0 spiro atoms. The molecule has 0 aromatic heterocycles. The first-order valence-corrected chi connectivity index (χ1v) is 7.45. The maximum Gasteiger partial charge on any atom is 0.308 e. The number of esters is 2. The minimum absolute atomic E-state index is 0.174. The van der Waals surface area contributed by atoms with E-state index in [2.05, 4.69) is 0 Å². The topological polar surface area (TPSA) is 52.6 Å². The van der Waals surface area contributed by atoms with Crippen molar-refractivity contribution in [2.45, 2.75) is 13.8 Å². The molecule has 0 amide bonds. The molecule has 24 heavy (non-hydrogen) atoms. The molecule has 0 radical (unpaired) electrons. The van der Waals surface area contributed by atoms with Crippen LogP contribution in [0.15, 0.2) is 72.2 Å². The Bertz CT molecular complexity index is 691. The highest BCUT2D eigenvalue weighted by Gasteiger charge is 2.14. The Morgan fingerprint density at radius 1 is 0.667 bits per heavy atom. The van der Waals surface area contributed by atoms with Gasteiger partial charge in [-0.25, -0.2) is 0 Å². The summed E-state index contributed by atoms with van der Waals surface area (Å²) >= 11 is 0. The summed E-state index contributed by atoms with van der Waals surface area (Å²) in [5.74, 6) is -0.646. The summed E-state index contributed by atoms with van der Waals surface area (Å²) in [6, 6.07) is 18.7. The van der Waals surface area contributed by atoms with E-state index in [0.29, 0.717) is 0 Å². The van der Waals surface area contributed by atoms with Crippen molar-refractivity contribution in [2.75, 3.05) is 0 Å².